The van der Waals surface area contributed by atoms with Gasteiger partial charge in [0.05, 0.1) is 24.8 Å². The van der Waals surface area contributed by atoms with Gasteiger partial charge in [-0.3, -0.25) is 4.79 Å². The number of rotatable bonds is 5. The minimum absolute atomic E-state index is 0.0216. The van der Waals surface area contributed by atoms with Crippen molar-refractivity contribution in [2.24, 2.45) is 5.41 Å². The Bertz CT molecular complexity index is 519. The molecule has 2 fully saturated rings. The van der Waals surface area contributed by atoms with E-state index in [2.05, 4.69) is 11.6 Å². The van der Waals surface area contributed by atoms with Gasteiger partial charge >= 0.3 is 0 Å². The van der Waals surface area contributed by atoms with E-state index in [4.69, 9.17) is 9.47 Å². The summed E-state index contributed by atoms with van der Waals surface area (Å²) >= 11 is 1.45. The van der Waals surface area contributed by atoms with Crippen molar-refractivity contribution in [1.29, 1.82) is 0 Å². The average molecular weight is 322 g/mol. The third-order valence-electron chi connectivity index (χ3n) is 4.55. The maximum absolute atomic E-state index is 12.6. The molecular weight excluding hydrogens is 300 g/mol. The van der Waals surface area contributed by atoms with Crippen molar-refractivity contribution in [2.45, 2.75) is 25.4 Å². The van der Waals surface area contributed by atoms with Gasteiger partial charge in [0.2, 0.25) is 0 Å². The minimum Gasteiger partial charge on any atom is -0.377 e. The van der Waals surface area contributed by atoms with E-state index in [0.717, 1.165) is 32.4 Å². The van der Waals surface area contributed by atoms with Gasteiger partial charge in [0.15, 0.2) is 0 Å². The van der Waals surface area contributed by atoms with Crippen LogP contribution in [0.4, 0.5) is 0 Å². The van der Waals surface area contributed by atoms with Crippen molar-refractivity contribution in [3.05, 3.63) is 29.2 Å². The number of fused-ring (bicyclic) bond motifs is 1. The summed E-state index contributed by atoms with van der Waals surface area (Å²) in [5.74, 6) is 0.0216. The van der Waals surface area contributed by atoms with Crippen LogP contribution in [0.3, 0.4) is 0 Å². The Morgan fingerprint density at radius 1 is 1.68 bits per heavy atom. The lowest BCUT2D eigenvalue weighted by molar-refractivity contribution is -0.144. The van der Waals surface area contributed by atoms with Crippen molar-refractivity contribution in [1.82, 2.24) is 9.88 Å². The van der Waals surface area contributed by atoms with Crippen LogP contribution < -0.4 is 0 Å². The second-order valence-corrected chi connectivity index (χ2v) is 6.74. The number of hydrogen-bond donors (Lipinski definition) is 0. The zero-order chi connectivity index (χ0) is 15.4. The monoisotopic (exact) mass is 322 g/mol. The molecule has 0 N–H and O–H groups in total. The molecule has 5 nitrogen and oxygen atoms in total. The smallest absolute Gasteiger partial charge is 0.273 e. The number of ether oxygens (including phenoxy) is 2. The maximum atomic E-state index is 12.6. The zero-order valence-electron chi connectivity index (χ0n) is 12.7. The topological polar surface area (TPSA) is 51.7 Å². The van der Waals surface area contributed by atoms with E-state index in [1.807, 2.05) is 10.3 Å². The highest BCUT2D eigenvalue weighted by Gasteiger charge is 2.47. The maximum Gasteiger partial charge on any atom is 0.273 e. The third-order valence-corrected chi connectivity index (χ3v) is 5.14. The number of hydrogen-bond acceptors (Lipinski definition) is 5. The van der Waals surface area contributed by atoms with Gasteiger partial charge in [-0.1, -0.05) is 6.08 Å². The number of aromatic nitrogens is 1. The van der Waals surface area contributed by atoms with E-state index < -0.39 is 0 Å². The molecule has 1 aromatic rings. The number of amides is 1. The number of carbonyl (C=O) groups is 1. The van der Waals surface area contributed by atoms with Crippen LogP contribution in [0.15, 0.2) is 23.5 Å². The van der Waals surface area contributed by atoms with E-state index in [1.54, 1.807) is 11.6 Å². The number of piperidine rings is 1. The Balaban J connectivity index is 1.74. The summed E-state index contributed by atoms with van der Waals surface area (Å²) in [5, 5.41) is 1.81. The molecule has 3 heterocycles. The van der Waals surface area contributed by atoms with Gasteiger partial charge in [0.1, 0.15) is 5.69 Å². The van der Waals surface area contributed by atoms with Crippen molar-refractivity contribution >= 4 is 17.2 Å². The predicted molar refractivity (Wildman–Crippen MR) is 85.1 cm³/mol. The van der Waals surface area contributed by atoms with E-state index in [1.165, 1.54) is 11.3 Å². The van der Waals surface area contributed by atoms with E-state index in [9.17, 15) is 4.79 Å². The summed E-state index contributed by atoms with van der Waals surface area (Å²) in [7, 11) is 0. The third kappa shape index (κ3) is 3.09. The highest BCUT2D eigenvalue weighted by Crippen LogP contribution is 2.40. The molecule has 22 heavy (non-hydrogen) atoms. The van der Waals surface area contributed by atoms with Crippen molar-refractivity contribution in [3.63, 3.8) is 0 Å². The Morgan fingerprint density at radius 3 is 3.36 bits per heavy atom. The molecule has 3 rings (SSSR count). The van der Waals surface area contributed by atoms with Crippen LogP contribution in [0.2, 0.25) is 0 Å². The second-order valence-electron chi connectivity index (χ2n) is 6.02. The molecular formula is C16H22N2O3S. The van der Waals surface area contributed by atoms with Crippen LogP contribution in [0.1, 0.15) is 29.8 Å². The highest BCUT2D eigenvalue weighted by atomic mass is 32.1. The lowest BCUT2D eigenvalue weighted by Gasteiger charge is -2.50. The van der Waals surface area contributed by atoms with Crippen molar-refractivity contribution < 1.29 is 14.3 Å². The molecule has 1 amide bonds. The first-order valence-corrected chi connectivity index (χ1v) is 8.67. The van der Waals surface area contributed by atoms with Crippen LogP contribution in [0, 0.1) is 5.41 Å². The second kappa shape index (κ2) is 6.89. The zero-order valence-corrected chi connectivity index (χ0v) is 13.5. The number of carbonyl (C=O) groups excluding carboxylic acids is 1. The van der Waals surface area contributed by atoms with Gasteiger partial charge in [-0.2, -0.15) is 0 Å². The van der Waals surface area contributed by atoms with E-state index >= 15 is 0 Å². The lowest BCUT2D eigenvalue weighted by atomic mass is 9.73. The molecule has 0 radical (unpaired) electrons. The largest absolute Gasteiger partial charge is 0.377 e. The molecule has 2 atom stereocenters. The summed E-state index contributed by atoms with van der Waals surface area (Å²) in [6.07, 6.45) is 4.87. The van der Waals surface area contributed by atoms with Crippen LogP contribution in [0.25, 0.3) is 0 Å². The van der Waals surface area contributed by atoms with Gasteiger partial charge in [0.25, 0.3) is 5.91 Å². The number of nitrogens with zero attached hydrogens (tertiary/aromatic N) is 2. The SMILES string of the molecule is C=CCOC[C@]12CCCO[C@H]1CCN(C(=O)c1cscn1)C2. The first kappa shape index (κ1) is 15.6. The van der Waals surface area contributed by atoms with Gasteiger partial charge in [0, 0.05) is 30.5 Å². The average Bonchev–Trinajstić information content (AvgIpc) is 3.08. The van der Waals surface area contributed by atoms with Crippen LogP contribution in [-0.2, 0) is 9.47 Å². The lowest BCUT2D eigenvalue weighted by Crippen LogP contribution is -2.58. The molecule has 0 saturated carbocycles. The van der Waals surface area contributed by atoms with Crippen LogP contribution >= 0.6 is 11.3 Å². The fourth-order valence-corrected chi connectivity index (χ4v) is 4.03. The minimum atomic E-state index is -0.0921. The van der Waals surface area contributed by atoms with Gasteiger partial charge in [-0.05, 0) is 19.3 Å². The van der Waals surface area contributed by atoms with Gasteiger partial charge < -0.3 is 14.4 Å². The Labute approximate surface area is 134 Å². The van der Waals surface area contributed by atoms with Gasteiger partial charge in [-0.25, -0.2) is 4.98 Å². The van der Waals surface area contributed by atoms with Gasteiger partial charge in [-0.15, -0.1) is 17.9 Å². The summed E-state index contributed by atoms with van der Waals surface area (Å²) in [6, 6.07) is 0. The molecule has 0 unspecified atom stereocenters. The summed E-state index contributed by atoms with van der Waals surface area (Å²) in [5.41, 5.74) is 2.15. The fourth-order valence-electron chi connectivity index (χ4n) is 3.50. The summed E-state index contributed by atoms with van der Waals surface area (Å²) in [4.78, 5) is 18.6. The summed E-state index contributed by atoms with van der Waals surface area (Å²) in [6.45, 7) is 7.07. The molecule has 0 bridgehead atoms. The molecule has 0 aromatic carbocycles. The number of likely N-dealkylation sites (tertiary alicyclic amines) is 1. The molecule has 0 spiro atoms. The molecule has 0 aliphatic carbocycles. The first-order valence-electron chi connectivity index (χ1n) is 7.73. The Morgan fingerprint density at radius 2 is 2.59 bits per heavy atom. The molecule has 1 aromatic heterocycles. The Kier molecular flexibility index (Phi) is 4.90. The molecule has 2 aliphatic rings. The fraction of sp³-hybridized carbons (Fsp3) is 0.625. The van der Waals surface area contributed by atoms with Crippen molar-refractivity contribution in [3.8, 4) is 0 Å². The van der Waals surface area contributed by atoms with E-state index in [-0.39, 0.29) is 17.4 Å². The normalized spacial score (nSPS) is 28.2. The highest BCUT2D eigenvalue weighted by molar-refractivity contribution is 7.07. The quantitative estimate of drug-likeness (QED) is 0.617. The molecule has 2 saturated heterocycles. The Hall–Kier alpha value is -1.24. The first-order chi connectivity index (χ1) is 10.7. The molecule has 120 valence electrons. The standard InChI is InChI=1S/C16H22N2O3S/c1-2-7-20-11-16-5-3-8-21-14(16)4-6-18(10-16)15(19)13-9-22-12-17-13/h2,9,12,14H,1,3-8,10-11H2/t14-,16+/m0/s1. The summed E-state index contributed by atoms with van der Waals surface area (Å²) < 4.78 is 11.7. The number of thiazole rings is 1. The predicted octanol–water partition coefficient (Wildman–Crippen LogP) is 2.36. The van der Waals surface area contributed by atoms with Crippen LogP contribution in [-0.4, -0.2) is 54.8 Å². The van der Waals surface area contributed by atoms with E-state index in [0.29, 0.717) is 25.5 Å². The van der Waals surface area contributed by atoms with Crippen molar-refractivity contribution in [2.75, 3.05) is 32.9 Å². The molecule has 2 aliphatic heterocycles. The van der Waals surface area contributed by atoms with Crippen LogP contribution in [0.5, 0.6) is 0 Å². The molecule has 6 heteroatoms.